The van der Waals surface area contributed by atoms with Gasteiger partial charge in [0.2, 0.25) is 0 Å². The molecule has 0 saturated heterocycles. The molecule has 1 fully saturated rings. The summed E-state index contributed by atoms with van der Waals surface area (Å²) in [7, 11) is 2.03. The minimum atomic E-state index is 0.422. The van der Waals surface area contributed by atoms with Crippen molar-refractivity contribution < 1.29 is 4.42 Å². The van der Waals surface area contributed by atoms with Gasteiger partial charge in [-0.25, -0.2) is 0 Å². The fourth-order valence-corrected chi connectivity index (χ4v) is 2.55. The van der Waals surface area contributed by atoms with Crippen LogP contribution < -0.4 is 5.32 Å². The van der Waals surface area contributed by atoms with E-state index in [0.29, 0.717) is 6.04 Å². The van der Waals surface area contributed by atoms with Crippen LogP contribution in [0.1, 0.15) is 43.9 Å². The Morgan fingerprint density at radius 3 is 2.71 bits per heavy atom. The third-order valence-corrected chi connectivity index (χ3v) is 3.28. The molecule has 1 aromatic rings. The molecule has 0 aromatic carbocycles. The molecule has 1 saturated carbocycles. The van der Waals surface area contributed by atoms with Crippen LogP contribution in [-0.2, 0) is 0 Å². The Morgan fingerprint density at radius 1 is 1.36 bits per heavy atom. The lowest BCUT2D eigenvalue weighted by molar-refractivity contribution is 0.253. The topological polar surface area (TPSA) is 25.2 Å². The molecule has 1 unspecified atom stereocenters. The van der Waals surface area contributed by atoms with Gasteiger partial charge in [-0.15, -0.1) is 0 Å². The summed E-state index contributed by atoms with van der Waals surface area (Å²) in [5.41, 5.74) is 0. The lowest BCUT2D eigenvalue weighted by Gasteiger charge is -2.28. The number of furan rings is 1. The first-order valence-electron chi connectivity index (χ1n) is 5.62. The molecule has 2 rings (SSSR count). The number of hydrogen-bond acceptors (Lipinski definition) is 2. The van der Waals surface area contributed by atoms with Gasteiger partial charge in [0.15, 0.2) is 0 Å². The van der Waals surface area contributed by atoms with Crippen LogP contribution in [0.5, 0.6) is 0 Å². The first kappa shape index (κ1) is 9.78. The first-order chi connectivity index (χ1) is 6.92. The van der Waals surface area contributed by atoms with Crippen LogP contribution >= 0.6 is 0 Å². The Balaban J connectivity index is 2.04. The largest absolute Gasteiger partial charge is 0.468 e. The fourth-order valence-electron chi connectivity index (χ4n) is 2.55. The van der Waals surface area contributed by atoms with Crippen LogP contribution in [0.25, 0.3) is 0 Å². The van der Waals surface area contributed by atoms with E-state index < -0.39 is 0 Å². The Hall–Kier alpha value is -0.760. The maximum atomic E-state index is 5.48. The van der Waals surface area contributed by atoms with Crippen LogP contribution in [0.3, 0.4) is 0 Å². The molecule has 1 aliphatic rings. The van der Waals surface area contributed by atoms with Crippen molar-refractivity contribution in [3.05, 3.63) is 24.2 Å². The van der Waals surface area contributed by atoms with Crippen LogP contribution in [0.2, 0.25) is 0 Å². The van der Waals surface area contributed by atoms with Crippen molar-refractivity contribution in [2.24, 2.45) is 5.92 Å². The maximum Gasteiger partial charge on any atom is 0.120 e. The van der Waals surface area contributed by atoms with E-state index in [9.17, 15) is 0 Å². The lowest BCUT2D eigenvalue weighted by atomic mass is 9.83. The Morgan fingerprint density at radius 2 is 2.14 bits per heavy atom. The van der Waals surface area contributed by atoms with Gasteiger partial charge in [-0.05, 0) is 37.9 Å². The van der Waals surface area contributed by atoms with Gasteiger partial charge in [0.05, 0.1) is 12.3 Å². The summed E-state index contributed by atoms with van der Waals surface area (Å²) in [5, 5.41) is 3.38. The van der Waals surface area contributed by atoms with Gasteiger partial charge in [-0.3, -0.25) is 0 Å². The first-order valence-corrected chi connectivity index (χ1v) is 5.62. The quantitative estimate of drug-likeness (QED) is 0.798. The average Bonchev–Trinajstić information content (AvgIpc) is 2.74. The molecule has 2 heteroatoms. The smallest absolute Gasteiger partial charge is 0.120 e. The summed E-state index contributed by atoms with van der Waals surface area (Å²) in [4.78, 5) is 0. The van der Waals surface area contributed by atoms with E-state index in [2.05, 4.69) is 11.4 Å². The van der Waals surface area contributed by atoms with Crippen LogP contribution in [-0.4, -0.2) is 7.05 Å². The van der Waals surface area contributed by atoms with Crippen molar-refractivity contribution in [1.82, 2.24) is 5.32 Å². The van der Waals surface area contributed by atoms with Gasteiger partial charge >= 0.3 is 0 Å². The monoisotopic (exact) mass is 193 g/mol. The SMILES string of the molecule is CNC(c1ccco1)C1CCCCC1. The predicted octanol–water partition coefficient (Wildman–Crippen LogP) is 3.12. The van der Waals surface area contributed by atoms with Crippen molar-refractivity contribution in [3.8, 4) is 0 Å². The van der Waals surface area contributed by atoms with E-state index in [0.717, 1.165) is 11.7 Å². The normalized spacial score (nSPS) is 20.9. The molecule has 0 aliphatic heterocycles. The standard InChI is InChI=1S/C12H19NO/c1-13-12(11-8-5-9-14-11)10-6-3-2-4-7-10/h5,8-10,12-13H,2-4,6-7H2,1H3. The van der Waals surface area contributed by atoms with E-state index in [1.165, 1.54) is 32.1 Å². The average molecular weight is 193 g/mol. The summed E-state index contributed by atoms with van der Waals surface area (Å²) in [6.07, 6.45) is 8.61. The second kappa shape index (κ2) is 4.65. The van der Waals surface area contributed by atoms with E-state index >= 15 is 0 Å². The number of rotatable bonds is 3. The van der Waals surface area contributed by atoms with E-state index in [-0.39, 0.29) is 0 Å². The third-order valence-electron chi connectivity index (χ3n) is 3.28. The van der Waals surface area contributed by atoms with Gasteiger partial charge in [0, 0.05) is 0 Å². The molecule has 0 amide bonds. The molecular weight excluding hydrogens is 174 g/mol. The summed E-state index contributed by atoms with van der Waals surface area (Å²) in [5.74, 6) is 1.86. The minimum absolute atomic E-state index is 0.422. The predicted molar refractivity (Wildman–Crippen MR) is 57.1 cm³/mol. The lowest BCUT2D eigenvalue weighted by Crippen LogP contribution is -2.26. The Bertz CT molecular complexity index is 249. The van der Waals surface area contributed by atoms with Crippen LogP contribution in [0.4, 0.5) is 0 Å². The van der Waals surface area contributed by atoms with Gasteiger partial charge in [0.1, 0.15) is 5.76 Å². The van der Waals surface area contributed by atoms with Crippen molar-refractivity contribution in [3.63, 3.8) is 0 Å². The van der Waals surface area contributed by atoms with Crippen molar-refractivity contribution >= 4 is 0 Å². The summed E-state index contributed by atoms with van der Waals surface area (Å²) >= 11 is 0. The zero-order chi connectivity index (χ0) is 9.80. The minimum Gasteiger partial charge on any atom is -0.468 e. The Labute approximate surface area is 85.7 Å². The number of nitrogens with one attached hydrogen (secondary N) is 1. The zero-order valence-electron chi connectivity index (χ0n) is 8.83. The molecule has 0 radical (unpaired) electrons. The zero-order valence-corrected chi connectivity index (χ0v) is 8.83. The van der Waals surface area contributed by atoms with Gasteiger partial charge in [-0.2, -0.15) is 0 Å². The van der Waals surface area contributed by atoms with Crippen molar-refractivity contribution in [1.29, 1.82) is 0 Å². The number of hydrogen-bond donors (Lipinski definition) is 1. The maximum absolute atomic E-state index is 5.48. The van der Waals surface area contributed by atoms with Gasteiger partial charge in [-0.1, -0.05) is 19.3 Å². The van der Waals surface area contributed by atoms with Gasteiger partial charge < -0.3 is 9.73 Å². The molecule has 1 aliphatic carbocycles. The molecule has 0 spiro atoms. The second-order valence-electron chi connectivity index (χ2n) is 4.18. The van der Waals surface area contributed by atoms with Crippen LogP contribution in [0, 0.1) is 5.92 Å². The molecule has 2 nitrogen and oxygen atoms in total. The summed E-state index contributed by atoms with van der Waals surface area (Å²) in [6, 6.07) is 4.48. The van der Waals surface area contributed by atoms with Crippen LogP contribution in [0.15, 0.2) is 22.8 Å². The molecule has 1 heterocycles. The third kappa shape index (κ3) is 2.01. The second-order valence-corrected chi connectivity index (χ2v) is 4.18. The molecule has 0 bridgehead atoms. The highest BCUT2D eigenvalue weighted by Gasteiger charge is 2.25. The van der Waals surface area contributed by atoms with E-state index in [1.54, 1.807) is 6.26 Å². The highest BCUT2D eigenvalue weighted by molar-refractivity contribution is 5.06. The van der Waals surface area contributed by atoms with Crippen molar-refractivity contribution in [2.45, 2.75) is 38.1 Å². The van der Waals surface area contributed by atoms with E-state index in [1.807, 2.05) is 13.1 Å². The molecule has 1 N–H and O–H groups in total. The molecule has 1 aromatic heterocycles. The van der Waals surface area contributed by atoms with Crippen molar-refractivity contribution in [2.75, 3.05) is 7.05 Å². The van der Waals surface area contributed by atoms with E-state index in [4.69, 9.17) is 4.42 Å². The fraction of sp³-hybridized carbons (Fsp3) is 0.667. The summed E-state index contributed by atoms with van der Waals surface area (Å²) in [6.45, 7) is 0. The Kier molecular flexibility index (Phi) is 3.25. The highest BCUT2D eigenvalue weighted by Crippen LogP contribution is 2.34. The highest BCUT2D eigenvalue weighted by atomic mass is 16.3. The molecule has 78 valence electrons. The molecule has 1 atom stereocenters. The summed E-state index contributed by atoms with van der Waals surface area (Å²) < 4.78 is 5.48. The molecular formula is C12H19NO. The molecule has 14 heavy (non-hydrogen) atoms. The van der Waals surface area contributed by atoms with Gasteiger partial charge in [0.25, 0.3) is 0 Å².